The monoisotopic (exact) mass is 993 g/mol. The molecule has 5 aromatic carbocycles. The second-order valence-electron chi connectivity index (χ2n) is 15.3. The van der Waals surface area contributed by atoms with Crippen LogP contribution in [0.5, 0.6) is 0 Å². The Hall–Kier alpha value is -5.28. The van der Waals surface area contributed by atoms with Crippen molar-refractivity contribution >= 4 is 50.8 Å². The van der Waals surface area contributed by atoms with Crippen LogP contribution in [0.25, 0.3) is 72.6 Å². The number of furan rings is 1. The summed E-state index contributed by atoms with van der Waals surface area (Å²) in [6.07, 6.45) is 2.10. The van der Waals surface area contributed by atoms with Crippen molar-refractivity contribution in [2.45, 2.75) is 44.0 Å². The minimum atomic E-state index is -1.99. The number of hydrogen-bond acceptors (Lipinski definition) is 4. The van der Waals surface area contributed by atoms with Gasteiger partial charge >= 0.3 is 163 Å². The minimum Gasteiger partial charge on any atom is -0.328 e. The van der Waals surface area contributed by atoms with Gasteiger partial charge in [0.05, 0.1) is 16.9 Å². The molecule has 287 valence electrons. The summed E-state index contributed by atoms with van der Waals surface area (Å²) in [5.74, 6) is 6.87. The number of para-hydroxylation sites is 2. The second-order valence-corrected chi connectivity index (χ2v) is 25.8. The van der Waals surface area contributed by atoms with E-state index in [2.05, 4.69) is 71.5 Å². The third-order valence-electron chi connectivity index (χ3n) is 9.92. The average molecular weight is 992 g/mol. The molecule has 0 bridgehead atoms. The van der Waals surface area contributed by atoms with Gasteiger partial charge in [0.15, 0.2) is 0 Å². The van der Waals surface area contributed by atoms with E-state index in [4.69, 9.17) is 9.40 Å². The van der Waals surface area contributed by atoms with Crippen molar-refractivity contribution in [3.05, 3.63) is 163 Å². The number of rotatable bonds is 6. The number of imidazole rings is 1. The standard InChI is InChI=1S/C25H15F2N2.C23H25GeN2O.Ir/c26-20-15-19(17-9-3-1-4-10-17)16-21(27)24(20)29-23-14-8-7-13-22(23)28-25(29)18-11-5-2-6-12-18;1-14(2)19-12-21(25-13-20(19)24(4,5)6)18-9-7-8-16-17-11-10-15(3)26-23(17)27-22(16)18;/h1-11,13-16H;7-8,10-14H,1-6H3;/q2*-1;. The van der Waals surface area contributed by atoms with Crippen molar-refractivity contribution in [3.63, 3.8) is 0 Å². The van der Waals surface area contributed by atoms with E-state index in [-0.39, 0.29) is 25.8 Å². The Morgan fingerprint density at radius 2 is 1.46 bits per heavy atom. The summed E-state index contributed by atoms with van der Waals surface area (Å²) >= 11 is -1.99. The van der Waals surface area contributed by atoms with Gasteiger partial charge in [-0.1, -0.05) is 42.5 Å². The summed E-state index contributed by atoms with van der Waals surface area (Å²) in [6.45, 7) is 6.50. The molecule has 5 nitrogen and oxygen atoms in total. The maximum atomic E-state index is 15.3. The Kier molecular flexibility index (Phi) is 11.4. The number of aromatic nitrogens is 4. The van der Waals surface area contributed by atoms with Crippen LogP contribution in [0.2, 0.25) is 17.3 Å². The zero-order valence-electron chi connectivity index (χ0n) is 32.5. The van der Waals surface area contributed by atoms with Gasteiger partial charge in [-0.2, -0.15) is 0 Å². The molecule has 0 unspecified atom stereocenters. The smallest absolute Gasteiger partial charge is 0.150 e. The molecule has 0 fully saturated rings. The van der Waals surface area contributed by atoms with E-state index in [9.17, 15) is 0 Å². The molecule has 57 heavy (non-hydrogen) atoms. The molecule has 1 radical (unpaired) electrons. The van der Waals surface area contributed by atoms with Crippen LogP contribution in [0.4, 0.5) is 8.78 Å². The van der Waals surface area contributed by atoms with Crippen LogP contribution in [0.3, 0.4) is 0 Å². The van der Waals surface area contributed by atoms with Crippen molar-refractivity contribution < 1.29 is 33.3 Å². The molecule has 4 heterocycles. The van der Waals surface area contributed by atoms with Crippen LogP contribution in [0, 0.1) is 30.7 Å². The van der Waals surface area contributed by atoms with Gasteiger partial charge in [0.1, 0.15) is 17.3 Å². The van der Waals surface area contributed by atoms with E-state index in [0.29, 0.717) is 39.6 Å². The fourth-order valence-corrected chi connectivity index (χ4v) is 10.7. The maximum Gasteiger partial charge on any atom is 0.150 e. The predicted octanol–water partition coefficient (Wildman–Crippen LogP) is 12.3. The molecular weight excluding hydrogens is 951 g/mol. The maximum absolute atomic E-state index is 15.3. The molecule has 0 atom stereocenters. The summed E-state index contributed by atoms with van der Waals surface area (Å²) < 4.78 is 39.7. The predicted molar refractivity (Wildman–Crippen MR) is 226 cm³/mol. The average Bonchev–Trinajstić information content (AvgIpc) is 3.76. The molecule has 0 saturated carbocycles. The Bertz CT molecular complexity index is 2840. The molecule has 0 aliphatic rings. The quantitative estimate of drug-likeness (QED) is 0.123. The van der Waals surface area contributed by atoms with Crippen LogP contribution in [0.15, 0.2) is 132 Å². The zero-order chi connectivity index (χ0) is 39.1. The molecule has 0 N–H and O–H groups in total. The van der Waals surface area contributed by atoms with Crippen molar-refractivity contribution in [2.24, 2.45) is 0 Å². The van der Waals surface area contributed by atoms with Gasteiger partial charge in [0.25, 0.3) is 0 Å². The molecule has 0 amide bonds. The summed E-state index contributed by atoms with van der Waals surface area (Å²) in [7, 11) is 0. The van der Waals surface area contributed by atoms with E-state index in [1.807, 2.05) is 91.9 Å². The minimum absolute atomic E-state index is 0. The third-order valence-corrected chi connectivity index (χ3v) is 14.2. The second kappa shape index (κ2) is 16.3. The number of aryl methyl sites for hydroxylation is 1. The van der Waals surface area contributed by atoms with Gasteiger partial charge in [-0.15, -0.1) is 35.9 Å². The molecular formula is C48H40F2GeIrN4O-2. The van der Waals surface area contributed by atoms with Gasteiger partial charge in [0.2, 0.25) is 0 Å². The summed E-state index contributed by atoms with van der Waals surface area (Å²) in [5, 5.41) is 2.10. The van der Waals surface area contributed by atoms with Crippen molar-refractivity contribution in [3.8, 4) is 39.5 Å². The largest absolute Gasteiger partial charge is 0.328 e. The van der Waals surface area contributed by atoms with Crippen LogP contribution >= 0.6 is 0 Å². The Labute approximate surface area is 347 Å². The van der Waals surface area contributed by atoms with E-state index in [0.717, 1.165) is 38.9 Å². The molecule has 0 saturated heterocycles. The summed E-state index contributed by atoms with van der Waals surface area (Å²) in [4.78, 5) is 14.0. The third kappa shape index (κ3) is 7.87. The summed E-state index contributed by atoms with van der Waals surface area (Å²) in [5.41, 5.74) is 8.74. The molecule has 9 aromatic rings. The number of fused-ring (bicyclic) bond motifs is 4. The number of nitrogens with zero attached hydrogens (tertiary/aromatic N) is 4. The van der Waals surface area contributed by atoms with E-state index >= 15 is 8.78 Å². The van der Waals surface area contributed by atoms with Crippen LogP contribution in [-0.4, -0.2) is 32.8 Å². The van der Waals surface area contributed by atoms with E-state index < -0.39 is 24.9 Å². The Balaban J connectivity index is 0.000000172. The van der Waals surface area contributed by atoms with Crippen molar-refractivity contribution in [2.75, 3.05) is 0 Å². The molecule has 9 rings (SSSR count). The molecule has 4 aromatic heterocycles. The number of hydrogen-bond donors (Lipinski definition) is 0. The van der Waals surface area contributed by atoms with E-state index in [1.165, 1.54) is 26.7 Å². The van der Waals surface area contributed by atoms with Gasteiger partial charge in [-0.3, -0.25) is 4.98 Å². The number of halogens is 2. The van der Waals surface area contributed by atoms with Crippen LogP contribution in [-0.2, 0) is 20.1 Å². The number of benzene rings is 5. The molecule has 0 aliphatic heterocycles. The molecule has 0 aliphatic carbocycles. The fourth-order valence-electron chi connectivity index (χ4n) is 7.16. The topological polar surface area (TPSA) is 56.7 Å². The first kappa shape index (κ1) is 39.9. The Morgan fingerprint density at radius 1 is 0.737 bits per heavy atom. The van der Waals surface area contributed by atoms with Crippen LogP contribution in [0.1, 0.15) is 31.0 Å². The van der Waals surface area contributed by atoms with Gasteiger partial charge < -0.3 is 4.57 Å². The first-order valence-electron chi connectivity index (χ1n) is 18.7. The van der Waals surface area contributed by atoms with Crippen molar-refractivity contribution in [1.29, 1.82) is 0 Å². The Morgan fingerprint density at radius 3 is 2.16 bits per heavy atom. The first-order valence-corrected chi connectivity index (χ1v) is 26.0. The van der Waals surface area contributed by atoms with Gasteiger partial charge in [-0.25, -0.2) is 8.78 Å². The zero-order valence-corrected chi connectivity index (χ0v) is 37.0. The summed E-state index contributed by atoms with van der Waals surface area (Å²) in [6, 6.07) is 43.3. The first-order chi connectivity index (χ1) is 27.0. The molecule has 9 heteroatoms. The molecule has 0 spiro atoms. The number of pyridine rings is 2. The van der Waals surface area contributed by atoms with Crippen molar-refractivity contribution in [1.82, 2.24) is 19.5 Å². The SMILES string of the molecule is Cc1ccc2c(n1)oc1c(-c3cc(C(C)C)[c]([Ge]([CH3])([CH3])[CH3])cn3)[c-]ccc12.Fc1cc(-c2ccccc2)cc(F)c1-n1c(-c2[c-]cccc2)nc2ccccc21.[Ir]. The normalized spacial score (nSPS) is 11.5. The van der Waals surface area contributed by atoms with E-state index in [1.54, 1.807) is 12.1 Å². The fraction of sp³-hybridized carbons (Fsp3) is 0.146. The van der Waals surface area contributed by atoms with Crippen LogP contribution < -0.4 is 4.40 Å². The van der Waals surface area contributed by atoms with Gasteiger partial charge in [0, 0.05) is 20.1 Å². The van der Waals surface area contributed by atoms with Gasteiger partial charge in [-0.05, 0) is 35.4 Å².